The lowest BCUT2D eigenvalue weighted by Crippen LogP contribution is -2.26. The summed E-state index contributed by atoms with van der Waals surface area (Å²) in [5, 5.41) is 10.8. The molecule has 152 valence electrons. The number of methoxy groups -OCH3 is 2. The number of aromatic hydroxyl groups is 1. The smallest absolute Gasteiger partial charge is 0.503 e. The van der Waals surface area contributed by atoms with Gasteiger partial charge in [0.05, 0.1) is 16.4 Å². The second-order valence-corrected chi connectivity index (χ2v) is 7.17. The van der Waals surface area contributed by atoms with Gasteiger partial charge in [0.15, 0.2) is 11.5 Å². The van der Waals surface area contributed by atoms with Gasteiger partial charge in [-0.2, -0.15) is 0 Å². The number of hydrogen-bond donors (Lipinski definition) is 1. The summed E-state index contributed by atoms with van der Waals surface area (Å²) in [6.45, 7) is 0.251. The van der Waals surface area contributed by atoms with E-state index in [1.54, 1.807) is 0 Å². The van der Waals surface area contributed by atoms with E-state index in [0.717, 1.165) is 11.1 Å². The highest BCUT2D eigenvalue weighted by Crippen LogP contribution is 2.51. The van der Waals surface area contributed by atoms with Gasteiger partial charge in [-0.05, 0) is 11.1 Å². The van der Waals surface area contributed by atoms with Crippen molar-refractivity contribution in [3.05, 3.63) is 60.7 Å². The summed E-state index contributed by atoms with van der Waals surface area (Å²) in [4.78, 5) is 13.5. The van der Waals surface area contributed by atoms with Crippen LogP contribution in [0.2, 0.25) is 0 Å². The third-order valence-electron chi connectivity index (χ3n) is 4.17. The second-order valence-electron chi connectivity index (χ2n) is 6.15. The van der Waals surface area contributed by atoms with Gasteiger partial charge in [-0.15, -0.1) is 11.3 Å². The molecule has 6 nitrogen and oxygen atoms in total. The van der Waals surface area contributed by atoms with Crippen molar-refractivity contribution in [2.75, 3.05) is 27.4 Å². The summed E-state index contributed by atoms with van der Waals surface area (Å²) in [6, 6.07) is 18.9. The van der Waals surface area contributed by atoms with E-state index in [0.29, 0.717) is 9.75 Å². The van der Waals surface area contributed by atoms with Crippen molar-refractivity contribution in [1.29, 1.82) is 0 Å². The lowest BCUT2D eigenvalue weighted by Gasteiger charge is -2.14. The Morgan fingerprint density at radius 1 is 0.931 bits per heavy atom. The molecule has 1 N–H and O–H groups in total. The monoisotopic (exact) mass is 414 g/mol. The summed E-state index contributed by atoms with van der Waals surface area (Å²) in [7, 11) is 3.04. The number of thiophene rings is 1. The van der Waals surface area contributed by atoms with Gasteiger partial charge in [0.1, 0.15) is 12.7 Å². The first-order valence-electron chi connectivity index (χ1n) is 8.97. The molecule has 1 unspecified atom stereocenters. The third-order valence-corrected chi connectivity index (χ3v) is 5.43. The quantitative estimate of drug-likeness (QED) is 0.525. The van der Waals surface area contributed by atoms with Crippen LogP contribution in [-0.4, -0.2) is 44.8 Å². The highest BCUT2D eigenvalue weighted by atomic mass is 32.1. The second kappa shape index (κ2) is 10.1. The third kappa shape index (κ3) is 5.14. The maximum Gasteiger partial charge on any atom is 0.514 e. The van der Waals surface area contributed by atoms with Crippen LogP contribution in [0.3, 0.4) is 0 Å². The zero-order valence-electron chi connectivity index (χ0n) is 16.2. The zero-order valence-corrected chi connectivity index (χ0v) is 17.0. The number of carbonyl (C=O) groups is 1. The summed E-state index contributed by atoms with van der Waals surface area (Å²) in [6.07, 6.45) is -1.33. The highest BCUT2D eigenvalue weighted by Gasteiger charge is 2.25. The number of benzene rings is 2. The average Bonchev–Trinajstić information content (AvgIpc) is 3.08. The van der Waals surface area contributed by atoms with Crippen molar-refractivity contribution in [3.8, 4) is 32.4 Å². The van der Waals surface area contributed by atoms with E-state index in [4.69, 9.17) is 18.9 Å². The van der Waals surface area contributed by atoms with Crippen molar-refractivity contribution in [3.63, 3.8) is 0 Å². The molecule has 0 fully saturated rings. The molecule has 0 spiro atoms. The van der Waals surface area contributed by atoms with E-state index in [1.165, 1.54) is 25.6 Å². The minimum absolute atomic E-state index is 0.0275. The van der Waals surface area contributed by atoms with Gasteiger partial charge < -0.3 is 24.1 Å². The van der Waals surface area contributed by atoms with Crippen LogP contribution in [0.4, 0.5) is 4.79 Å². The summed E-state index contributed by atoms with van der Waals surface area (Å²) < 4.78 is 20.7. The van der Waals surface area contributed by atoms with Gasteiger partial charge in [0, 0.05) is 14.2 Å². The first-order valence-corrected chi connectivity index (χ1v) is 9.78. The molecule has 0 aliphatic rings. The Morgan fingerprint density at radius 3 is 2.07 bits per heavy atom. The Hall–Kier alpha value is -2.87. The van der Waals surface area contributed by atoms with E-state index in [9.17, 15) is 9.90 Å². The first kappa shape index (κ1) is 20.9. The topological polar surface area (TPSA) is 74.2 Å². The zero-order chi connectivity index (χ0) is 20.6. The maximum atomic E-state index is 12.3. The molecule has 0 radical (unpaired) electrons. The van der Waals surface area contributed by atoms with E-state index < -0.39 is 12.3 Å². The van der Waals surface area contributed by atoms with Crippen LogP contribution in [0.15, 0.2) is 60.7 Å². The van der Waals surface area contributed by atoms with Crippen LogP contribution in [0.25, 0.3) is 20.9 Å². The largest absolute Gasteiger partial charge is 0.514 e. The normalized spacial score (nSPS) is 11.8. The predicted molar refractivity (Wildman–Crippen MR) is 112 cm³/mol. The maximum absolute atomic E-state index is 12.3. The van der Waals surface area contributed by atoms with Gasteiger partial charge in [-0.3, -0.25) is 0 Å². The average molecular weight is 414 g/mol. The Labute approximate surface area is 173 Å². The van der Waals surface area contributed by atoms with Crippen LogP contribution in [-0.2, 0) is 14.2 Å². The molecule has 29 heavy (non-hydrogen) atoms. The fourth-order valence-corrected chi connectivity index (χ4v) is 3.84. The van der Waals surface area contributed by atoms with Crippen LogP contribution < -0.4 is 4.74 Å². The Morgan fingerprint density at radius 2 is 1.52 bits per heavy atom. The van der Waals surface area contributed by atoms with Gasteiger partial charge in [-0.1, -0.05) is 60.7 Å². The highest BCUT2D eigenvalue weighted by molar-refractivity contribution is 7.19. The SMILES string of the molecule is COCC(COC(=O)Oc1c(-c2ccccc2)sc(-c2ccccc2)c1O)OC. The van der Waals surface area contributed by atoms with Gasteiger partial charge in [0.2, 0.25) is 0 Å². The molecule has 0 bridgehead atoms. The van der Waals surface area contributed by atoms with Crippen LogP contribution in [0.5, 0.6) is 11.5 Å². The predicted octanol–water partition coefficient (Wildman–Crippen LogP) is 4.96. The molecule has 3 rings (SSSR count). The molecule has 0 aliphatic carbocycles. The Balaban J connectivity index is 1.88. The minimum Gasteiger partial charge on any atom is -0.503 e. The molecule has 0 amide bonds. The molecule has 1 heterocycles. The van der Waals surface area contributed by atoms with Gasteiger partial charge in [0.25, 0.3) is 0 Å². The van der Waals surface area contributed by atoms with Crippen molar-refractivity contribution in [2.24, 2.45) is 0 Å². The standard InChI is InChI=1S/C22H22O6S/c1-25-13-17(26-2)14-27-22(24)28-19-18(23)20(15-9-5-3-6-10-15)29-21(19)16-11-7-4-8-12-16/h3-12,17,23H,13-14H2,1-2H3. The summed E-state index contributed by atoms with van der Waals surface area (Å²) >= 11 is 1.34. The minimum atomic E-state index is -0.923. The van der Waals surface area contributed by atoms with E-state index >= 15 is 0 Å². The van der Waals surface area contributed by atoms with Crippen molar-refractivity contribution >= 4 is 17.5 Å². The van der Waals surface area contributed by atoms with Crippen LogP contribution >= 0.6 is 11.3 Å². The van der Waals surface area contributed by atoms with Crippen molar-refractivity contribution in [2.45, 2.75) is 6.10 Å². The molecule has 0 saturated carbocycles. The molecule has 2 aromatic carbocycles. The Bertz CT molecular complexity index is 923. The fourth-order valence-electron chi connectivity index (χ4n) is 2.71. The molecule has 1 aromatic heterocycles. The molecule has 0 aliphatic heterocycles. The molecular formula is C22H22O6S. The molecular weight excluding hydrogens is 392 g/mol. The summed E-state index contributed by atoms with van der Waals surface area (Å²) in [5.74, 6) is -0.0250. The van der Waals surface area contributed by atoms with E-state index in [1.807, 2.05) is 60.7 Å². The molecule has 1 atom stereocenters. The van der Waals surface area contributed by atoms with Crippen molar-refractivity contribution in [1.82, 2.24) is 0 Å². The molecule has 0 saturated heterocycles. The number of carbonyl (C=O) groups excluding carboxylic acids is 1. The lowest BCUT2D eigenvalue weighted by atomic mass is 10.1. The number of hydrogen-bond acceptors (Lipinski definition) is 7. The first-order chi connectivity index (χ1) is 14.1. The van der Waals surface area contributed by atoms with E-state index in [-0.39, 0.29) is 24.7 Å². The molecule has 7 heteroatoms. The lowest BCUT2D eigenvalue weighted by molar-refractivity contribution is -0.0191. The molecule has 3 aromatic rings. The summed E-state index contributed by atoms with van der Waals surface area (Å²) in [5.41, 5.74) is 1.65. The Kier molecular flexibility index (Phi) is 7.24. The van der Waals surface area contributed by atoms with Gasteiger partial charge >= 0.3 is 6.16 Å². The van der Waals surface area contributed by atoms with Crippen LogP contribution in [0.1, 0.15) is 0 Å². The number of ether oxygens (including phenoxy) is 4. The fraction of sp³-hybridized carbons (Fsp3) is 0.227. The number of rotatable bonds is 8. The van der Waals surface area contributed by atoms with Crippen LogP contribution in [0, 0.1) is 0 Å². The van der Waals surface area contributed by atoms with Gasteiger partial charge in [-0.25, -0.2) is 4.79 Å². The van der Waals surface area contributed by atoms with Crippen molar-refractivity contribution < 1.29 is 28.8 Å². The van der Waals surface area contributed by atoms with E-state index in [2.05, 4.69) is 0 Å².